The summed E-state index contributed by atoms with van der Waals surface area (Å²) in [4.78, 5) is 3.59. The Morgan fingerprint density at radius 3 is 2.89 bits per heavy atom. The zero-order valence-corrected chi connectivity index (χ0v) is 11.3. The molecule has 1 saturated heterocycles. The van der Waals surface area contributed by atoms with Gasteiger partial charge in [0, 0.05) is 24.7 Å². The molecule has 0 unspecified atom stereocenters. The van der Waals surface area contributed by atoms with Crippen molar-refractivity contribution in [3.05, 3.63) is 23.1 Å². The van der Waals surface area contributed by atoms with Crippen LogP contribution < -0.4 is 10.6 Å². The summed E-state index contributed by atoms with van der Waals surface area (Å²) in [6, 6.07) is 4.55. The molecule has 1 aliphatic heterocycles. The topological polar surface area (TPSA) is 57.9 Å². The Balaban J connectivity index is 1.86. The van der Waals surface area contributed by atoms with Gasteiger partial charge in [-0.05, 0) is 31.2 Å². The maximum absolute atomic E-state index is 5.94. The molecule has 3 heterocycles. The number of aromatic amines is 1. The fourth-order valence-corrected chi connectivity index (χ4v) is 3.25. The lowest BCUT2D eigenvalue weighted by atomic mass is 10.1. The zero-order valence-electron chi connectivity index (χ0n) is 10.5. The minimum atomic E-state index is 0.359. The van der Waals surface area contributed by atoms with Crippen LogP contribution in [0.4, 0.5) is 5.82 Å². The van der Waals surface area contributed by atoms with Gasteiger partial charge in [0.25, 0.3) is 0 Å². The number of thiophene rings is 1. The number of aromatic nitrogens is 2. The van der Waals surface area contributed by atoms with Crippen molar-refractivity contribution in [1.82, 2.24) is 10.2 Å². The minimum absolute atomic E-state index is 0.359. The van der Waals surface area contributed by atoms with E-state index in [1.807, 2.05) is 0 Å². The van der Waals surface area contributed by atoms with Crippen LogP contribution in [-0.4, -0.2) is 29.3 Å². The first-order valence-electron chi connectivity index (χ1n) is 6.35. The van der Waals surface area contributed by atoms with Crippen LogP contribution in [0.5, 0.6) is 0 Å². The van der Waals surface area contributed by atoms with Gasteiger partial charge in [0.05, 0.1) is 10.6 Å². The maximum atomic E-state index is 5.94. The highest BCUT2D eigenvalue weighted by molar-refractivity contribution is 7.13. The monoisotopic (exact) mass is 262 g/mol. The van der Waals surface area contributed by atoms with E-state index in [1.54, 1.807) is 11.3 Å². The lowest BCUT2D eigenvalue weighted by molar-refractivity contribution is 0.498. The molecule has 0 aliphatic carbocycles. The summed E-state index contributed by atoms with van der Waals surface area (Å²) in [5, 5.41) is 9.75. The molecular formula is C13H18N4S. The fourth-order valence-electron chi connectivity index (χ4n) is 2.47. The van der Waals surface area contributed by atoms with Crippen LogP contribution in [0.1, 0.15) is 18.4 Å². The van der Waals surface area contributed by atoms with Gasteiger partial charge in [0.1, 0.15) is 0 Å². The number of hydrogen-bond donors (Lipinski definition) is 2. The van der Waals surface area contributed by atoms with Crippen LogP contribution in [-0.2, 0) is 0 Å². The van der Waals surface area contributed by atoms with Crippen LogP contribution in [0.2, 0.25) is 0 Å². The average Bonchev–Trinajstić information content (AvgIpc) is 2.99. The molecule has 0 radical (unpaired) electrons. The molecule has 0 atom stereocenters. The van der Waals surface area contributed by atoms with E-state index >= 15 is 0 Å². The first-order valence-corrected chi connectivity index (χ1v) is 7.23. The molecule has 0 spiro atoms. The fraction of sp³-hybridized carbons (Fsp3) is 0.462. The molecule has 3 rings (SSSR count). The van der Waals surface area contributed by atoms with E-state index in [0.29, 0.717) is 6.04 Å². The first-order chi connectivity index (χ1) is 8.75. The van der Waals surface area contributed by atoms with E-state index < -0.39 is 0 Å². The molecule has 0 aromatic carbocycles. The number of nitrogens with zero attached hydrogens (tertiary/aromatic N) is 2. The SMILES string of the molecule is Cc1c(N2CCC(N)CC2)n[nH]c1-c1cccs1. The molecule has 0 amide bonds. The van der Waals surface area contributed by atoms with Gasteiger partial charge in [-0.15, -0.1) is 11.3 Å². The summed E-state index contributed by atoms with van der Waals surface area (Å²) < 4.78 is 0. The highest BCUT2D eigenvalue weighted by Gasteiger charge is 2.21. The van der Waals surface area contributed by atoms with Crippen LogP contribution in [0.15, 0.2) is 17.5 Å². The first kappa shape index (κ1) is 11.7. The van der Waals surface area contributed by atoms with Gasteiger partial charge in [0.15, 0.2) is 5.82 Å². The highest BCUT2D eigenvalue weighted by Crippen LogP contribution is 2.31. The van der Waals surface area contributed by atoms with Gasteiger partial charge in [-0.25, -0.2) is 0 Å². The molecule has 3 N–H and O–H groups in total. The average molecular weight is 262 g/mol. The largest absolute Gasteiger partial charge is 0.355 e. The molecule has 4 nitrogen and oxygen atoms in total. The lowest BCUT2D eigenvalue weighted by Crippen LogP contribution is -2.40. The van der Waals surface area contributed by atoms with Crippen molar-refractivity contribution >= 4 is 17.2 Å². The minimum Gasteiger partial charge on any atom is -0.355 e. The van der Waals surface area contributed by atoms with Crippen LogP contribution >= 0.6 is 11.3 Å². The number of nitrogens with one attached hydrogen (secondary N) is 1. The molecular weight excluding hydrogens is 244 g/mol. The molecule has 2 aromatic heterocycles. The second-order valence-corrected chi connectivity index (χ2v) is 5.80. The van der Waals surface area contributed by atoms with Crippen LogP contribution in [0, 0.1) is 6.92 Å². The second-order valence-electron chi connectivity index (χ2n) is 4.85. The molecule has 96 valence electrons. The predicted molar refractivity (Wildman–Crippen MR) is 76.1 cm³/mol. The van der Waals surface area contributed by atoms with Gasteiger partial charge in [-0.1, -0.05) is 6.07 Å². The normalized spacial score (nSPS) is 17.3. The molecule has 5 heteroatoms. The van der Waals surface area contributed by atoms with Gasteiger partial charge >= 0.3 is 0 Å². The van der Waals surface area contributed by atoms with Crippen molar-refractivity contribution < 1.29 is 0 Å². The summed E-state index contributed by atoms with van der Waals surface area (Å²) in [7, 11) is 0. The van der Waals surface area contributed by atoms with E-state index in [9.17, 15) is 0 Å². The van der Waals surface area contributed by atoms with Crippen molar-refractivity contribution in [2.75, 3.05) is 18.0 Å². The molecule has 1 fully saturated rings. The van der Waals surface area contributed by atoms with E-state index in [2.05, 4.69) is 39.5 Å². The lowest BCUT2D eigenvalue weighted by Gasteiger charge is -2.30. The summed E-state index contributed by atoms with van der Waals surface area (Å²) in [5.74, 6) is 1.09. The summed E-state index contributed by atoms with van der Waals surface area (Å²) in [5.41, 5.74) is 8.33. The number of hydrogen-bond acceptors (Lipinski definition) is 4. The van der Waals surface area contributed by atoms with Crippen molar-refractivity contribution in [2.24, 2.45) is 5.73 Å². The number of rotatable bonds is 2. The quantitative estimate of drug-likeness (QED) is 0.873. The number of nitrogens with two attached hydrogens (primary N) is 1. The van der Waals surface area contributed by atoms with Gasteiger partial charge in [0.2, 0.25) is 0 Å². The smallest absolute Gasteiger partial charge is 0.153 e. The Labute approximate surface area is 111 Å². The predicted octanol–water partition coefficient (Wildman–Crippen LogP) is 2.37. The second kappa shape index (κ2) is 4.74. The standard InChI is InChI=1S/C13H18N4S/c1-9-12(11-3-2-8-18-11)15-16-13(9)17-6-4-10(14)5-7-17/h2-3,8,10H,4-7,14H2,1H3,(H,15,16). The Hall–Kier alpha value is -1.33. The van der Waals surface area contributed by atoms with E-state index in [0.717, 1.165) is 37.4 Å². The van der Waals surface area contributed by atoms with Crippen molar-refractivity contribution in [3.8, 4) is 10.6 Å². The van der Waals surface area contributed by atoms with Gasteiger partial charge in [-0.3, -0.25) is 5.10 Å². The van der Waals surface area contributed by atoms with Gasteiger partial charge < -0.3 is 10.6 Å². The third kappa shape index (κ3) is 2.04. The third-order valence-corrected chi connectivity index (χ3v) is 4.48. The maximum Gasteiger partial charge on any atom is 0.153 e. The van der Waals surface area contributed by atoms with E-state index in [1.165, 1.54) is 10.4 Å². The summed E-state index contributed by atoms with van der Waals surface area (Å²) in [6.07, 6.45) is 2.11. The van der Waals surface area contributed by atoms with Gasteiger partial charge in [-0.2, -0.15) is 5.10 Å². The van der Waals surface area contributed by atoms with E-state index in [-0.39, 0.29) is 0 Å². The number of H-pyrrole nitrogens is 1. The summed E-state index contributed by atoms with van der Waals surface area (Å²) >= 11 is 1.74. The molecule has 1 aliphatic rings. The Bertz CT molecular complexity index is 509. The van der Waals surface area contributed by atoms with Crippen molar-refractivity contribution in [2.45, 2.75) is 25.8 Å². The Morgan fingerprint density at radius 1 is 1.44 bits per heavy atom. The molecule has 18 heavy (non-hydrogen) atoms. The van der Waals surface area contributed by atoms with E-state index in [4.69, 9.17) is 5.73 Å². The summed E-state index contributed by atoms with van der Waals surface area (Å²) in [6.45, 7) is 4.16. The molecule has 0 bridgehead atoms. The third-order valence-electron chi connectivity index (χ3n) is 3.59. The Kier molecular flexibility index (Phi) is 3.09. The number of piperidine rings is 1. The molecule has 2 aromatic rings. The van der Waals surface area contributed by atoms with Crippen molar-refractivity contribution in [1.29, 1.82) is 0 Å². The highest BCUT2D eigenvalue weighted by atomic mass is 32.1. The van der Waals surface area contributed by atoms with Crippen molar-refractivity contribution in [3.63, 3.8) is 0 Å². The Morgan fingerprint density at radius 2 is 2.22 bits per heavy atom. The molecule has 0 saturated carbocycles. The zero-order chi connectivity index (χ0) is 12.5. The van der Waals surface area contributed by atoms with Crippen LogP contribution in [0.25, 0.3) is 10.6 Å². The number of anilines is 1. The van der Waals surface area contributed by atoms with Crippen LogP contribution in [0.3, 0.4) is 0 Å².